The normalized spacial score (nSPS) is 13.7. The van der Waals surface area contributed by atoms with Gasteiger partial charge in [-0.15, -0.1) is 0 Å². The quantitative estimate of drug-likeness (QED) is 0.611. The molecule has 2 heterocycles. The van der Waals surface area contributed by atoms with Gasteiger partial charge in [-0.3, -0.25) is 9.59 Å². The van der Waals surface area contributed by atoms with E-state index in [-0.39, 0.29) is 18.5 Å². The highest BCUT2D eigenvalue weighted by Crippen LogP contribution is 2.40. The summed E-state index contributed by atoms with van der Waals surface area (Å²) in [5, 5.41) is 0.544. The number of hydrogen-bond donors (Lipinski definition) is 2. The van der Waals surface area contributed by atoms with E-state index in [1.165, 1.54) is 0 Å². The fourth-order valence-corrected chi connectivity index (χ4v) is 2.64. The van der Waals surface area contributed by atoms with E-state index in [9.17, 15) is 9.59 Å². The number of carbonyl (C=O) groups excluding carboxylic acids is 2. The fraction of sp³-hybridized carbons (Fsp3) is 0.364. The molecule has 1 aromatic heterocycles. The molecule has 8 heteroatoms. The van der Waals surface area contributed by atoms with Crippen molar-refractivity contribution >= 4 is 34.8 Å². The third-order valence-corrected chi connectivity index (χ3v) is 3.51. The van der Waals surface area contributed by atoms with E-state index in [0.717, 1.165) is 17.8 Å². The predicted molar refractivity (Wildman–Crippen MR) is 72.6 cm³/mol. The predicted octanol–water partition coefficient (Wildman–Crippen LogP) is 0.297. The fourth-order valence-electron chi connectivity index (χ4n) is 1.74. The lowest BCUT2D eigenvalue weighted by atomic mass is 10.3. The molecule has 0 bridgehead atoms. The van der Waals surface area contributed by atoms with Crippen LogP contribution in [0.2, 0.25) is 0 Å². The monoisotopic (exact) mass is 282 g/mol. The average molecular weight is 282 g/mol. The van der Waals surface area contributed by atoms with Crippen LogP contribution in [0.5, 0.6) is 5.06 Å². The zero-order valence-corrected chi connectivity index (χ0v) is 11.2. The van der Waals surface area contributed by atoms with Gasteiger partial charge in [0.2, 0.25) is 0 Å². The lowest BCUT2D eigenvalue weighted by Gasteiger charge is -2.26. The van der Waals surface area contributed by atoms with E-state index in [4.69, 9.17) is 16.2 Å². The number of nitrogens with two attached hydrogens (primary N) is 2. The number of hydrogen-bond acceptors (Lipinski definition) is 4. The minimum absolute atomic E-state index is 0.0105. The molecule has 1 aliphatic heterocycles. The van der Waals surface area contributed by atoms with E-state index >= 15 is 0 Å². The zero-order chi connectivity index (χ0) is 14.0. The summed E-state index contributed by atoms with van der Waals surface area (Å²) in [6, 6.07) is 1.58. The van der Waals surface area contributed by atoms with E-state index in [0.29, 0.717) is 22.2 Å². The second-order valence-electron chi connectivity index (χ2n) is 3.96. The van der Waals surface area contributed by atoms with Crippen LogP contribution in [0.4, 0.5) is 5.69 Å². The molecule has 2 rings (SSSR count). The second-order valence-corrected chi connectivity index (χ2v) is 4.97. The third-order valence-electron chi connectivity index (χ3n) is 2.49. The topological polar surface area (TPSA) is 111 Å². The van der Waals surface area contributed by atoms with Crippen molar-refractivity contribution in [3.05, 3.63) is 10.9 Å². The summed E-state index contributed by atoms with van der Waals surface area (Å²) in [6.07, 6.45) is 0.818. The second kappa shape index (κ2) is 5.27. The first kappa shape index (κ1) is 13.3. The Morgan fingerprint density at radius 2 is 2.32 bits per heavy atom. The van der Waals surface area contributed by atoms with Crippen LogP contribution in [0, 0.1) is 0 Å². The highest BCUT2D eigenvalue weighted by atomic mass is 32.1. The van der Waals surface area contributed by atoms with Gasteiger partial charge in [-0.1, -0.05) is 18.3 Å². The Morgan fingerprint density at radius 3 is 2.95 bits per heavy atom. The van der Waals surface area contributed by atoms with Gasteiger partial charge in [0.05, 0.1) is 5.69 Å². The Labute approximate surface area is 113 Å². The van der Waals surface area contributed by atoms with Gasteiger partial charge in [-0.05, 0) is 12.5 Å². The molecule has 19 heavy (non-hydrogen) atoms. The van der Waals surface area contributed by atoms with Crippen LogP contribution in [0.25, 0.3) is 0 Å². The van der Waals surface area contributed by atoms with E-state index in [2.05, 4.69) is 4.99 Å². The van der Waals surface area contributed by atoms with Crippen molar-refractivity contribution in [2.75, 3.05) is 18.1 Å². The summed E-state index contributed by atoms with van der Waals surface area (Å²) in [5.74, 6) is -0.946. The van der Waals surface area contributed by atoms with Crippen LogP contribution >= 0.6 is 11.3 Å². The van der Waals surface area contributed by atoms with Gasteiger partial charge >= 0.3 is 0 Å². The molecule has 7 nitrogen and oxygen atoms in total. The number of amides is 2. The number of nitrogens with zero attached hydrogens (tertiary/aromatic N) is 2. The number of fused-ring (bicyclic) bond motifs is 1. The lowest BCUT2D eigenvalue weighted by Crippen LogP contribution is -2.38. The molecule has 102 valence electrons. The van der Waals surface area contributed by atoms with E-state index in [1.807, 2.05) is 6.92 Å². The van der Waals surface area contributed by atoms with Crippen LogP contribution in [0.3, 0.4) is 0 Å². The maximum absolute atomic E-state index is 11.8. The minimum Gasteiger partial charge on any atom is -0.472 e. The van der Waals surface area contributed by atoms with Crippen LogP contribution in [-0.2, 0) is 4.79 Å². The molecule has 1 aliphatic rings. The average Bonchev–Trinajstić information content (AvgIpc) is 2.76. The molecule has 0 aliphatic carbocycles. The first-order valence-corrected chi connectivity index (χ1v) is 6.55. The molecular weight excluding hydrogens is 268 g/mol. The van der Waals surface area contributed by atoms with Crippen LogP contribution in [0.15, 0.2) is 11.1 Å². The Hall–Kier alpha value is -2.09. The Kier molecular flexibility index (Phi) is 3.70. The molecule has 0 aromatic carbocycles. The van der Waals surface area contributed by atoms with Gasteiger partial charge in [-0.25, -0.2) is 0 Å². The lowest BCUT2D eigenvalue weighted by molar-refractivity contribution is -0.121. The zero-order valence-electron chi connectivity index (χ0n) is 10.4. The van der Waals surface area contributed by atoms with Crippen molar-refractivity contribution in [3.63, 3.8) is 0 Å². The Balaban J connectivity index is 2.34. The molecule has 0 atom stereocenters. The van der Waals surface area contributed by atoms with Crippen LogP contribution < -0.4 is 21.1 Å². The van der Waals surface area contributed by atoms with Gasteiger partial charge in [-0.2, -0.15) is 4.99 Å². The maximum atomic E-state index is 11.8. The number of ether oxygens (including phenoxy) is 1. The number of guanidine groups is 1. The minimum atomic E-state index is -0.535. The first-order chi connectivity index (χ1) is 9.02. The van der Waals surface area contributed by atoms with Crippen molar-refractivity contribution in [3.8, 4) is 5.06 Å². The molecule has 0 unspecified atom stereocenters. The van der Waals surface area contributed by atoms with Crippen molar-refractivity contribution in [2.24, 2.45) is 16.5 Å². The highest BCUT2D eigenvalue weighted by Gasteiger charge is 2.28. The number of rotatable bonds is 3. The van der Waals surface area contributed by atoms with Gasteiger partial charge in [0.1, 0.15) is 4.88 Å². The largest absolute Gasteiger partial charge is 0.472 e. The van der Waals surface area contributed by atoms with Crippen molar-refractivity contribution in [1.82, 2.24) is 0 Å². The van der Waals surface area contributed by atoms with Crippen molar-refractivity contribution in [1.29, 1.82) is 0 Å². The summed E-state index contributed by atoms with van der Waals surface area (Å²) >= 11 is 1.13. The summed E-state index contributed by atoms with van der Waals surface area (Å²) in [7, 11) is 0. The van der Waals surface area contributed by atoms with E-state index in [1.54, 1.807) is 11.0 Å². The van der Waals surface area contributed by atoms with Crippen molar-refractivity contribution in [2.45, 2.75) is 13.3 Å². The number of aliphatic imine (C=N–C) groups is 1. The summed E-state index contributed by atoms with van der Waals surface area (Å²) in [5.41, 5.74) is 10.9. The summed E-state index contributed by atoms with van der Waals surface area (Å²) in [4.78, 5) is 28.9. The summed E-state index contributed by atoms with van der Waals surface area (Å²) < 4.78 is 5.31. The maximum Gasteiger partial charge on any atom is 0.290 e. The summed E-state index contributed by atoms with van der Waals surface area (Å²) in [6.45, 7) is 2.55. The van der Waals surface area contributed by atoms with Crippen molar-refractivity contribution < 1.29 is 14.3 Å². The Morgan fingerprint density at radius 1 is 1.58 bits per heavy atom. The molecule has 4 N–H and O–H groups in total. The van der Waals surface area contributed by atoms with Gasteiger partial charge in [0.15, 0.2) is 17.6 Å². The molecule has 0 radical (unpaired) electrons. The van der Waals surface area contributed by atoms with Crippen LogP contribution in [-0.4, -0.2) is 30.9 Å². The molecule has 0 fully saturated rings. The third kappa shape index (κ3) is 2.68. The molecule has 1 aromatic rings. The van der Waals surface area contributed by atoms with Gasteiger partial charge < -0.3 is 21.1 Å². The molecule has 2 amide bonds. The number of thiophene rings is 1. The molecular formula is C11H14N4O3S. The van der Waals surface area contributed by atoms with E-state index < -0.39 is 5.91 Å². The Bertz CT molecular complexity index is 548. The van der Waals surface area contributed by atoms with Crippen LogP contribution in [0.1, 0.15) is 23.0 Å². The first-order valence-electron chi connectivity index (χ1n) is 5.74. The smallest absolute Gasteiger partial charge is 0.290 e. The molecule has 0 saturated heterocycles. The highest BCUT2D eigenvalue weighted by molar-refractivity contribution is 7.16. The SMILES string of the molecule is CCCN1C(=O)COc2sc(C(=O)N=C(N)N)cc21. The van der Waals surface area contributed by atoms with Gasteiger partial charge in [0.25, 0.3) is 11.8 Å². The van der Waals surface area contributed by atoms with Gasteiger partial charge in [0, 0.05) is 6.54 Å². The number of anilines is 1. The number of carbonyl (C=O) groups is 2. The molecule has 0 spiro atoms. The molecule has 0 saturated carbocycles. The standard InChI is InChI=1S/C11H14N4O3S/c1-2-3-15-6-4-7(9(17)14-11(12)13)19-10(6)18-5-8(15)16/h4H,2-3,5H2,1H3,(H4,12,13,14,17).